The van der Waals surface area contributed by atoms with Gasteiger partial charge in [-0.3, -0.25) is 0 Å². The van der Waals surface area contributed by atoms with Gasteiger partial charge in [-0.1, -0.05) is 18.5 Å². The highest BCUT2D eigenvalue weighted by atomic mass is 35.5. The molecule has 1 aromatic carbocycles. The third kappa shape index (κ3) is 3.26. The average Bonchev–Trinajstić information content (AvgIpc) is 2.45. The van der Waals surface area contributed by atoms with Crippen LogP contribution in [0.25, 0.3) is 0 Å². The summed E-state index contributed by atoms with van der Waals surface area (Å²) >= 11 is 6.00. The van der Waals surface area contributed by atoms with Crippen LogP contribution in [-0.4, -0.2) is 9.97 Å². The number of nitrogens with one attached hydrogen (secondary N) is 1. The molecule has 2 aromatic rings. The van der Waals surface area contributed by atoms with E-state index in [1.165, 1.54) is 0 Å². The van der Waals surface area contributed by atoms with Crippen molar-refractivity contribution in [2.75, 3.05) is 5.32 Å². The minimum absolute atomic E-state index is 0.214. The van der Waals surface area contributed by atoms with Gasteiger partial charge in [0.25, 0.3) is 0 Å². The van der Waals surface area contributed by atoms with E-state index >= 15 is 0 Å². The molecule has 21 heavy (non-hydrogen) atoms. The first-order chi connectivity index (χ1) is 9.93. The molecule has 0 amide bonds. The second kappa shape index (κ2) is 6.30. The van der Waals surface area contributed by atoms with Crippen LogP contribution < -0.4 is 5.32 Å². The van der Waals surface area contributed by atoms with Crippen molar-refractivity contribution in [3.05, 3.63) is 46.1 Å². The van der Waals surface area contributed by atoms with E-state index < -0.39 is 17.5 Å². The van der Waals surface area contributed by atoms with Gasteiger partial charge in [-0.25, -0.2) is 23.1 Å². The first-order valence-corrected chi connectivity index (χ1v) is 6.75. The summed E-state index contributed by atoms with van der Waals surface area (Å²) in [6, 6.07) is 1.94. The number of aromatic nitrogens is 2. The molecule has 0 saturated heterocycles. The molecule has 0 bridgehead atoms. The van der Waals surface area contributed by atoms with Crippen molar-refractivity contribution in [1.29, 1.82) is 0 Å². The number of anilines is 2. The highest BCUT2D eigenvalue weighted by Crippen LogP contribution is 2.27. The van der Waals surface area contributed by atoms with Crippen LogP contribution in [0.1, 0.15) is 24.7 Å². The first kappa shape index (κ1) is 15.6. The molecule has 1 aromatic heterocycles. The monoisotopic (exact) mass is 315 g/mol. The van der Waals surface area contributed by atoms with Crippen LogP contribution in [0, 0.1) is 24.4 Å². The van der Waals surface area contributed by atoms with Gasteiger partial charge in [0.2, 0.25) is 0 Å². The van der Waals surface area contributed by atoms with Crippen LogP contribution in [0.3, 0.4) is 0 Å². The maximum Gasteiger partial charge on any atom is 0.196 e. The lowest BCUT2D eigenvalue weighted by Gasteiger charge is -2.12. The molecule has 2 rings (SSSR count). The Morgan fingerprint density at radius 2 is 1.86 bits per heavy atom. The van der Waals surface area contributed by atoms with Crippen LogP contribution in [0.4, 0.5) is 24.7 Å². The van der Waals surface area contributed by atoms with Gasteiger partial charge in [0.05, 0.1) is 5.69 Å². The van der Waals surface area contributed by atoms with Gasteiger partial charge in [-0.2, -0.15) is 0 Å². The zero-order valence-electron chi connectivity index (χ0n) is 11.5. The molecule has 0 spiro atoms. The summed E-state index contributed by atoms with van der Waals surface area (Å²) in [5, 5.41) is 2.87. The van der Waals surface area contributed by atoms with Crippen molar-refractivity contribution in [1.82, 2.24) is 9.97 Å². The fraction of sp³-hybridized carbons (Fsp3) is 0.286. The minimum Gasteiger partial charge on any atom is -0.337 e. The zero-order valence-corrected chi connectivity index (χ0v) is 12.2. The first-order valence-electron chi connectivity index (χ1n) is 6.37. The zero-order chi connectivity index (χ0) is 15.6. The van der Waals surface area contributed by atoms with E-state index in [1.54, 1.807) is 6.92 Å². The molecule has 0 fully saturated rings. The molecule has 0 atom stereocenters. The normalized spacial score (nSPS) is 10.8. The highest BCUT2D eigenvalue weighted by molar-refractivity contribution is 6.30. The van der Waals surface area contributed by atoms with Crippen molar-refractivity contribution in [3.63, 3.8) is 0 Å². The number of hydrogen-bond acceptors (Lipinski definition) is 3. The van der Waals surface area contributed by atoms with Gasteiger partial charge in [-0.15, -0.1) is 0 Å². The fourth-order valence-corrected chi connectivity index (χ4v) is 1.93. The Morgan fingerprint density at radius 3 is 2.52 bits per heavy atom. The second-order valence-corrected chi connectivity index (χ2v) is 4.86. The molecule has 7 heteroatoms. The van der Waals surface area contributed by atoms with Crippen LogP contribution in [-0.2, 0) is 6.42 Å². The van der Waals surface area contributed by atoms with Gasteiger partial charge in [-0.05, 0) is 25.5 Å². The van der Waals surface area contributed by atoms with Crippen LogP contribution >= 0.6 is 11.6 Å². The third-order valence-corrected chi connectivity index (χ3v) is 3.26. The Kier molecular flexibility index (Phi) is 4.67. The number of aryl methyl sites for hydroxylation is 1. The molecule has 0 unspecified atom stereocenters. The van der Waals surface area contributed by atoms with Crippen molar-refractivity contribution >= 4 is 23.1 Å². The maximum absolute atomic E-state index is 13.7. The SMILES string of the molecule is CCCc1nc(Cl)c(C)c(Nc2ccc(F)c(F)c2F)n1. The molecule has 1 N–H and O–H groups in total. The Bertz CT molecular complexity index is 677. The lowest BCUT2D eigenvalue weighted by atomic mass is 10.2. The number of rotatable bonds is 4. The number of hydrogen-bond donors (Lipinski definition) is 1. The summed E-state index contributed by atoms with van der Waals surface area (Å²) < 4.78 is 39.8. The molecule has 0 aliphatic carbocycles. The van der Waals surface area contributed by atoms with Crippen molar-refractivity contribution in [3.8, 4) is 0 Å². The smallest absolute Gasteiger partial charge is 0.196 e. The van der Waals surface area contributed by atoms with Crippen molar-refractivity contribution in [2.45, 2.75) is 26.7 Å². The van der Waals surface area contributed by atoms with Crippen molar-refractivity contribution < 1.29 is 13.2 Å². The van der Waals surface area contributed by atoms with Crippen LogP contribution in [0.5, 0.6) is 0 Å². The predicted molar refractivity (Wildman–Crippen MR) is 75.4 cm³/mol. The lowest BCUT2D eigenvalue weighted by molar-refractivity contribution is 0.449. The Labute approximate surface area is 125 Å². The van der Waals surface area contributed by atoms with E-state index in [4.69, 9.17) is 11.6 Å². The molecular formula is C14H13ClF3N3. The summed E-state index contributed by atoms with van der Waals surface area (Å²) in [5.74, 6) is -3.32. The topological polar surface area (TPSA) is 37.8 Å². The quantitative estimate of drug-likeness (QED) is 0.664. The standard InChI is InChI=1S/C14H13ClF3N3/c1-3-4-10-20-13(15)7(2)14(21-10)19-9-6-5-8(16)11(17)12(9)18/h5-6H,3-4H2,1-2H3,(H,19,20,21). The van der Waals surface area contributed by atoms with Crippen molar-refractivity contribution in [2.24, 2.45) is 0 Å². The van der Waals surface area contributed by atoms with Gasteiger partial charge in [0, 0.05) is 12.0 Å². The molecule has 0 radical (unpaired) electrons. The van der Waals surface area contributed by atoms with E-state index in [0.29, 0.717) is 17.8 Å². The summed E-state index contributed by atoms with van der Waals surface area (Å²) in [7, 11) is 0. The van der Waals surface area contributed by atoms with E-state index in [-0.39, 0.29) is 16.7 Å². The number of halogens is 4. The Morgan fingerprint density at radius 1 is 1.14 bits per heavy atom. The predicted octanol–water partition coefficient (Wildman–Crippen LogP) is 4.55. The molecule has 0 aliphatic heterocycles. The average molecular weight is 316 g/mol. The minimum atomic E-state index is -1.54. The maximum atomic E-state index is 13.7. The van der Waals surface area contributed by atoms with E-state index in [0.717, 1.165) is 18.6 Å². The lowest BCUT2D eigenvalue weighted by Crippen LogP contribution is -2.06. The fourth-order valence-electron chi connectivity index (χ4n) is 1.74. The molecule has 112 valence electrons. The molecular weight excluding hydrogens is 303 g/mol. The molecule has 0 aliphatic rings. The summed E-state index contributed by atoms with van der Waals surface area (Å²) in [6.45, 7) is 3.61. The van der Waals surface area contributed by atoms with Crippen LogP contribution in [0.2, 0.25) is 5.15 Å². The van der Waals surface area contributed by atoms with E-state index in [1.807, 2.05) is 6.92 Å². The molecule has 0 saturated carbocycles. The van der Waals surface area contributed by atoms with E-state index in [9.17, 15) is 13.2 Å². The van der Waals surface area contributed by atoms with Gasteiger partial charge < -0.3 is 5.32 Å². The Balaban J connectivity index is 2.42. The Hall–Kier alpha value is -1.82. The van der Waals surface area contributed by atoms with Gasteiger partial charge in [0.15, 0.2) is 17.5 Å². The summed E-state index contributed by atoms with van der Waals surface area (Å²) in [5.41, 5.74) is 0.287. The van der Waals surface area contributed by atoms with E-state index in [2.05, 4.69) is 15.3 Å². The summed E-state index contributed by atoms with van der Waals surface area (Å²) in [6.07, 6.45) is 1.42. The second-order valence-electron chi connectivity index (χ2n) is 4.50. The van der Waals surface area contributed by atoms with Gasteiger partial charge >= 0.3 is 0 Å². The van der Waals surface area contributed by atoms with Crippen LogP contribution in [0.15, 0.2) is 12.1 Å². The molecule has 1 heterocycles. The van der Waals surface area contributed by atoms with Gasteiger partial charge in [0.1, 0.15) is 16.8 Å². The largest absolute Gasteiger partial charge is 0.337 e. The molecule has 3 nitrogen and oxygen atoms in total. The third-order valence-electron chi connectivity index (χ3n) is 2.89. The summed E-state index contributed by atoms with van der Waals surface area (Å²) in [4.78, 5) is 8.33. The number of nitrogens with zero attached hydrogens (tertiary/aromatic N) is 2. The highest BCUT2D eigenvalue weighted by Gasteiger charge is 2.16. The number of benzene rings is 1.